The Morgan fingerprint density at radius 2 is 1.94 bits per heavy atom. The van der Waals surface area contributed by atoms with Gasteiger partial charge < -0.3 is 4.42 Å². The van der Waals surface area contributed by atoms with E-state index in [1.165, 1.54) is 12.1 Å². The number of nitro benzene ring substituents is 1. The molecule has 158 valence electrons. The highest BCUT2D eigenvalue weighted by atomic mass is 32.2. The molecule has 0 saturated carbocycles. The highest BCUT2D eigenvalue weighted by molar-refractivity contribution is 7.93. The van der Waals surface area contributed by atoms with Gasteiger partial charge in [-0.05, 0) is 25.1 Å². The predicted molar refractivity (Wildman–Crippen MR) is 110 cm³/mol. The lowest BCUT2D eigenvalue weighted by Gasteiger charge is -2.01. The number of thiazole rings is 1. The monoisotopic (exact) mass is 461 g/mol. The van der Waals surface area contributed by atoms with Crippen molar-refractivity contribution in [1.82, 2.24) is 4.98 Å². The number of para-hydroxylation sites is 1. The first kappa shape index (κ1) is 20.6. The van der Waals surface area contributed by atoms with Crippen LogP contribution in [-0.4, -0.2) is 24.2 Å². The third-order valence-corrected chi connectivity index (χ3v) is 7.59. The van der Waals surface area contributed by atoms with Gasteiger partial charge in [0.1, 0.15) is 4.21 Å². The number of carbonyl (C=O) groups excluding carboxylic acids is 1. The van der Waals surface area contributed by atoms with Crippen LogP contribution in [0.4, 0.5) is 15.2 Å². The first-order chi connectivity index (χ1) is 14.7. The van der Waals surface area contributed by atoms with Crippen LogP contribution in [0.5, 0.6) is 0 Å². The molecule has 0 bridgehead atoms. The van der Waals surface area contributed by atoms with Crippen LogP contribution >= 0.6 is 11.3 Å². The van der Waals surface area contributed by atoms with E-state index in [9.17, 15) is 27.7 Å². The van der Waals surface area contributed by atoms with Gasteiger partial charge in [-0.3, -0.25) is 20.2 Å². The van der Waals surface area contributed by atoms with Crippen LogP contribution in [0.25, 0.3) is 11.0 Å². The van der Waals surface area contributed by atoms with E-state index in [0.717, 1.165) is 30.5 Å². The number of amides is 1. The molecule has 4 rings (SSSR count). The fraction of sp³-hybridized carbons (Fsp3) is 0.0526. The zero-order valence-corrected chi connectivity index (χ0v) is 17.3. The summed E-state index contributed by atoms with van der Waals surface area (Å²) in [6.07, 6.45) is 1.07. The standard InChI is InChI=1S/C19H12FN3O6S2/c1-10-13-3-2-4-14(20)17(13)29-16(10)18(24)22-19-21-9-15(30-19)31(27,28)12-7-5-11(6-8-12)23(25)26/h2-9H,1H3,(H,21,22,24). The van der Waals surface area contributed by atoms with E-state index in [1.54, 1.807) is 13.0 Å². The highest BCUT2D eigenvalue weighted by Gasteiger charge is 2.24. The van der Waals surface area contributed by atoms with Gasteiger partial charge in [-0.25, -0.2) is 17.8 Å². The van der Waals surface area contributed by atoms with Crippen molar-refractivity contribution in [3.8, 4) is 0 Å². The number of hydrogen-bond acceptors (Lipinski definition) is 8. The molecule has 2 aromatic carbocycles. The number of non-ortho nitro benzene ring substituents is 1. The Hall–Kier alpha value is -3.64. The Kier molecular flexibility index (Phi) is 5.03. The van der Waals surface area contributed by atoms with E-state index < -0.39 is 26.5 Å². The summed E-state index contributed by atoms with van der Waals surface area (Å²) in [4.78, 5) is 26.4. The van der Waals surface area contributed by atoms with Gasteiger partial charge in [0.2, 0.25) is 9.84 Å². The fourth-order valence-electron chi connectivity index (χ4n) is 2.88. The van der Waals surface area contributed by atoms with Gasteiger partial charge in [-0.1, -0.05) is 23.5 Å². The first-order valence-electron chi connectivity index (χ1n) is 8.63. The molecule has 0 unspecified atom stereocenters. The normalized spacial score (nSPS) is 11.5. The molecule has 0 atom stereocenters. The number of hydrogen-bond donors (Lipinski definition) is 1. The largest absolute Gasteiger partial charge is 0.448 e. The number of aromatic nitrogens is 1. The second-order valence-electron chi connectivity index (χ2n) is 6.37. The molecule has 0 aliphatic carbocycles. The number of fused-ring (bicyclic) bond motifs is 1. The second kappa shape index (κ2) is 7.56. The van der Waals surface area contributed by atoms with E-state index >= 15 is 0 Å². The molecule has 0 aliphatic rings. The third kappa shape index (κ3) is 3.66. The van der Waals surface area contributed by atoms with E-state index in [0.29, 0.717) is 22.3 Å². The van der Waals surface area contributed by atoms with Crippen molar-refractivity contribution in [1.29, 1.82) is 0 Å². The lowest BCUT2D eigenvalue weighted by Crippen LogP contribution is -2.11. The lowest BCUT2D eigenvalue weighted by atomic mass is 10.1. The first-order valence-corrected chi connectivity index (χ1v) is 10.9. The Balaban J connectivity index is 1.59. The SMILES string of the molecule is Cc1c(C(=O)Nc2ncc(S(=O)(=O)c3ccc([N+](=O)[O-])cc3)s2)oc2c(F)cccc12. The Morgan fingerprint density at radius 1 is 1.23 bits per heavy atom. The molecular weight excluding hydrogens is 449 g/mol. The number of sulfone groups is 1. The van der Waals surface area contributed by atoms with Crippen LogP contribution in [0.3, 0.4) is 0 Å². The quantitative estimate of drug-likeness (QED) is 0.345. The summed E-state index contributed by atoms with van der Waals surface area (Å²) >= 11 is 0.703. The van der Waals surface area contributed by atoms with Gasteiger partial charge in [-0.15, -0.1) is 0 Å². The number of nitrogens with one attached hydrogen (secondary N) is 1. The molecule has 12 heteroatoms. The molecule has 4 aromatic rings. The van der Waals surface area contributed by atoms with Crippen LogP contribution in [0.2, 0.25) is 0 Å². The van der Waals surface area contributed by atoms with Gasteiger partial charge in [0.15, 0.2) is 22.3 Å². The minimum atomic E-state index is -3.99. The van der Waals surface area contributed by atoms with Gasteiger partial charge in [0.25, 0.3) is 11.6 Å². The molecule has 31 heavy (non-hydrogen) atoms. The average Bonchev–Trinajstić information content (AvgIpc) is 3.34. The number of nitro groups is 1. The van der Waals surface area contributed by atoms with Gasteiger partial charge in [-0.2, -0.15) is 0 Å². The fourth-order valence-corrected chi connectivity index (χ4v) is 5.31. The number of carbonyl (C=O) groups is 1. The van der Waals surface area contributed by atoms with E-state index in [2.05, 4.69) is 10.3 Å². The van der Waals surface area contributed by atoms with Gasteiger partial charge >= 0.3 is 0 Å². The molecule has 0 spiro atoms. The molecule has 0 fully saturated rings. The molecule has 9 nitrogen and oxygen atoms in total. The Bertz CT molecular complexity index is 1440. The minimum Gasteiger partial charge on any atom is -0.448 e. The summed E-state index contributed by atoms with van der Waals surface area (Å²) in [5, 5.41) is 13.6. The molecule has 0 saturated heterocycles. The third-order valence-electron chi connectivity index (χ3n) is 4.45. The smallest absolute Gasteiger partial charge is 0.293 e. The van der Waals surface area contributed by atoms with Crippen LogP contribution in [0.15, 0.2) is 62.2 Å². The van der Waals surface area contributed by atoms with Crippen LogP contribution in [0.1, 0.15) is 16.1 Å². The van der Waals surface area contributed by atoms with Crippen LogP contribution in [0, 0.1) is 22.9 Å². The second-order valence-corrected chi connectivity index (χ2v) is 9.57. The van der Waals surface area contributed by atoms with E-state index in [4.69, 9.17) is 4.42 Å². The number of anilines is 1. The summed E-state index contributed by atoms with van der Waals surface area (Å²) in [5.41, 5.74) is 0.141. The topological polar surface area (TPSA) is 132 Å². The average molecular weight is 461 g/mol. The molecule has 1 N–H and O–H groups in total. The van der Waals surface area contributed by atoms with Crippen molar-refractivity contribution in [2.75, 3.05) is 5.32 Å². The molecule has 2 heterocycles. The number of furan rings is 1. The summed E-state index contributed by atoms with van der Waals surface area (Å²) < 4.78 is 44.5. The predicted octanol–water partition coefficient (Wildman–Crippen LogP) is 4.33. The molecule has 0 aliphatic heterocycles. The van der Waals surface area contributed by atoms with Gasteiger partial charge in [0, 0.05) is 23.1 Å². The van der Waals surface area contributed by atoms with Crippen LogP contribution < -0.4 is 5.32 Å². The lowest BCUT2D eigenvalue weighted by molar-refractivity contribution is -0.384. The number of aryl methyl sites for hydroxylation is 1. The van der Waals surface area contributed by atoms with Crippen LogP contribution in [-0.2, 0) is 9.84 Å². The molecular formula is C19H12FN3O6S2. The van der Waals surface area contributed by atoms with Crippen molar-refractivity contribution < 1.29 is 26.9 Å². The Labute approximate surface area is 178 Å². The maximum atomic E-state index is 13.9. The summed E-state index contributed by atoms with van der Waals surface area (Å²) in [7, 11) is -3.99. The maximum Gasteiger partial charge on any atom is 0.293 e. The van der Waals surface area contributed by atoms with E-state index in [-0.39, 0.29) is 31.3 Å². The molecule has 2 aromatic heterocycles. The van der Waals surface area contributed by atoms with Crippen molar-refractivity contribution in [2.24, 2.45) is 0 Å². The van der Waals surface area contributed by atoms with Crippen molar-refractivity contribution in [2.45, 2.75) is 16.0 Å². The van der Waals surface area contributed by atoms with Crippen molar-refractivity contribution >= 4 is 48.9 Å². The summed E-state index contributed by atoms with van der Waals surface area (Å²) in [6, 6.07) is 8.74. The summed E-state index contributed by atoms with van der Waals surface area (Å²) in [6.45, 7) is 1.60. The van der Waals surface area contributed by atoms with Crippen molar-refractivity contribution in [3.63, 3.8) is 0 Å². The highest BCUT2D eigenvalue weighted by Crippen LogP contribution is 2.31. The summed E-state index contributed by atoms with van der Waals surface area (Å²) in [5.74, 6) is -1.43. The number of rotatable bonds is 5. The Morgan fingerprint density at radius 3 is 2.58 bits per heavy atom. The molecule has 0 radical (unpaired) electrons. The molecule has 1 amide bonds. The number of halogens is 1. The zero-order valence-electron chi connectivity index (χ0n) is 15.7. The minimum absolute atomic E-state index is 0.00850. The number of nitrogens with zero attached hydrogens (tertiary/aromatic N) is 2. The van der Waals surface area contributed by atoms with Gasteiger partial charge in [0.05, 0.1) is 16.0 Å². The van der Waals surface area contributed by atoms with Crippen molar-refractivity contribution in [3.05, 3.63) is 75.9 Å². The number of benzene rings is 2. The zero-order chi connectivity index (χ0) is 22.3. The van der Waals surface area contributed by atoms with E-state index in [1.807, 2.05) is 0 Å². The maximum absolute atomic E-state index is 13.9.